The largest absolute Gasteiger partial charge is 0.416 e. The summed E-state index contributed by atoms with van der Waals surface area (Å²) in [6.45, 7) is 3.38. The molecule has 0 aliphatic rings. The Morgan fingerprint density at radius 3 is 2.40 bits per heavy atom. The van der Waals surface area contributed by atoms with Crippen molar-refractivity contribution in [2.75, 3.05) is 6.54 Å². The van der Waals surface area contributed by atoms with Gasteiger partial charge in [-0.25, -0.2) is 0 Å². The fourth-order valence-corrected chi connectivity index (χ4v) is 2.69. The highest BCUT2D eigenvalue weighted by atomic mass is 19.4. The van der Waals surface area contributed by atoms with Crippen LogP contribution in [-0.4, -0.2) is 36.3 Å². The molecule has 0 fully saturated rings. The number of carbonyl (C=O) groups is 3. The molecule has 1 aromatic carbocycles. The minimum atomic E-state index is -4.46. The molecule has 0 aliphatic heterocycles. The van der Waals surface area contributed by atoms with Crippen LogP contribution >= 0.6 is 0 Å². The number of alkyl halides is 3. The number of hydrogen-bond acceptors (Lipinski definition) is 4. The summed E-state index contributed by atoms with van der Waals surface area (Å²) in [5, 5.41) is 7.80. The molecule has 3 amide bonds. The van der Waals surface area contributed by atoms with Gasteiger partial charge < -0.3 is 21.7 Å². The molecular weight excluding hydrogens is 401 g/mol. The zero-order chi connectivity index (χ0) is 22.7. The fourth-order valence-electron chi connectivity index (χ4n) is 2.69. The van der Waals surface area contributed by atoms with Crippen LogP contribution in [0, 0.1) is 0 Å². The van der Waals surface area contributed by atoms with Crippen molar-refractivity contribution in [2.24, 2.45) is 5.73 Å². The molecule has 0 aromatic heterocycles. The zero-order valence-electron chi connectivity index (χ0n) is 17.1. The molecule has 0 unspecified atom stereocenters. The molecule has 0 aliphatic carbocycles. The SMILES string of the molecule is CC[C@H](N)C(=O)NCCCC[C@@H](NC(C)=O)C(=O)NCc1cccc(C(F)(F)F)c1. The monoisotopic (exact) mass is 430 g/mol. The van der Waals surface area contributed by atoms with Gasteiger partial charge in [-0.1, -0.05) is 19.1 Å². The third-order valence-corrected chi connectivity index (χ3v) is 4.41. The maximum Gasteiger partial charge on any atom is 0.416 e. The summed E-state index contributed by atoms with van der Waals surface area (Å²) in [4.78, 5) is 35.4. The van der Waals surface area contributed by atoms with Crippen molar-refractivity contribution >= 4 is 17.7 Å². The molecule has 2 atom stereocenters. The van der Waals surface area contributed by atoms with Crippen molar-refractivity contribution in [3.8, 4) is 0 Å². The van der Waals surface area contributed by atoms with Gasteiger partial charge in [0, 0.05) is 20.0 Å². The van der Waals surface area contributed by atoms with Crippen molar-refractivity contribution in [2.45, 2.75) is 64.3 Å². The summed E-state index contributed by atoms with van der Waals surface area (Å²) >= 11 is 0. The van der Waals surface area contributed by atoms with Gasteiger partial charge in [0.15, 0.2) is 0 Å². The third kappa shape index (κ3) is 9.25. The minimum absolute atomic E-state index is 0.0935. The van der Waals surface area contributed by atoms with E-state index in [2.05, 4.69) is 16.0 Å². The first kappa shape index (κ1) is 25.4. The Morgan fingerprint density at radius 1 is 1.10 bits per heavy atom. The van der Waals surface area contributed by atoms with Gasteiger partial charge in [0.05, 0.1) is 11.6 Å². The van der Waals surface area contributed by atoms with Gasteiger partial charge in [-0.3, -0.25) is 14.4 Å². The van der Waals surface area contributed by atoms with E-state index >= 15 is 0 Å². The van der Waals surface area contributed by atoms with E-state index in [1.54, 1.807) is 6.92 Å². The Bertz CT molecular complexity index is 725. The van der Waals surface area contributed by atoms with E-state index in [4.69, 9.17) is 5.73 Å². The normalized spacial score (nSPS) is 13.3. The lowest BCUT2D eigenvalue weighted by Crippen LogP contribution is -2.46. The zero-order valence-corrected chi connectivity index (χ0v) is 17.1. The maximum absolute atomic E-state index is 12.8. The number of hydrogen-bond donors (Lipinski definition) is 4. The highest BCUT2D eigenvalue weighted by Crippen LogP contribution is 2.29. The molecule has 0 saturated heterocycles. The van der Waals surface area contributed by atoms with Crippen molar-refractivity contribution in [1.82, 2.24) is 16.0 Å². The Balaban J connectivity index is 2.53. The molecule has 5 N–H and O–H groups in total. The van der Waals surface area contributed by atoms with Crippen LogP contribution in [0.1, 0.15) is 50.7 Å². The quantitative estimate of drug-likeness (QED) is 0.401. The van der Waals surface area contributed by atoms with E-state index < -0.39 is 35.6 Å². The van der Waals surface area contributed by atoms with Gasteiger partial charge in [0.25, 0.3) is 0 Å². The number of nitrogens with two attached hydrogens (primary N) is 1. The lowest BCUT2D eigenvalue weighted by Gasteiger charge is -2.18. The predicted octanol–water partition coefficient (Wildman–Crippen LogP) is 1.85. The Labute approximate surface area is 174 Å². The number of halogens is 3. The smallest absolute Gasteiger partial charge is 0.355 e. The second kappa shape index (κ2) is 12.2. The number of amides is 3. The molecule has 0 heterocycles. The van der Waals surface area contributed by atoms with E-state index in [-0.39, 0.29) is 12.5 Å². The second-order valence-corrected chi connectivity index (χ2v) is 6.97. The summed E-state index contributed by atoms with van der Waals surface area (Å²) < 4.78 is 38.4. The second-order valence-electron chi connectivity index (χ2n) is 6.97. The van der Waals surface area contributed by atoms with Gasteiger partial charge >= 0.3 is 6.18 Å². The predicted molar refractivity (Wildman–Crippen MR) is 106 cm³/mol. The van der Waals surface area contributed by atoms with E-state index in [9.17, 15) is 27.6 Å². The van der Waals surface area contributed by atoms with Crippen LogP contribution in [0.5, 0.6) is 0 Å². The van der Waals surface area contributed by atoms with E-state index in [0.29, 0.717) is 37.8 Å². The first-order valence-corrected chi connectivity index (χ1v) is 9.78. The Kier molecular flexibility index (Phi) is 10.3. The van der Waals surface area contributed by atoms with Crippen molar-refractivity contribution in [3.05, 3.63) is 35.4 Å². The molecular formula is C20H29F3N4O3. The summed E-state index contributed by atoms with van der Waals surface area (Å²) in [6.07, 6.45) is -2.48. The highest BCUT2D eigenvalue weighted by molar-refractivity contribution is 5.86. The molecule has 10 heteroatoms. The number of nitrogens with one attached hydrogen (secondary N) is 3. The van der Waals surface area contributed by atoms with Gasteiger partial charge in [0.2, 0.25) is 17.7 Å². The first-order chi connectivity index (χ1) is 14.0. The third-order valence-electron chi connectivity index (χ3n) is 4.41. The number of carbonyl (C=O) groups excluding carboxylic acids is 3. The van der Waals surface area contributed by atoms with Crippen molar-refractivity contribution in [1.29, 1.82) is 0 Å². The molecule has 30 heavy (non-hydrogen) atoms. The Morgan fingerprint density at radius 2 is 1.80 bits per heavy atom. The van der Waals surface area contributed by atoms with Crippen LogP contribution in [0.2, 0.25) is 0 Å². The summed E-state index contributed by atoms with van der Waals surface area (Å²) in [7, 11) is 0. The average Bonchev–Trinajstić information content (AvgIpc) is 2.69. The molecule has 7 nitrogen and oxygen atoms in total. The highest BCUT2D eigenvalue weighted by Gasteiger charge is 2.30. The molecule has 0 saturated carbocycles. The molecule has 0 radical (unpaired) electrons. The summed E-state index contributed by atoms with van der Waals surface area (Å²) in [5.41, 5.74) is 5.12. The van der Waals surface area contributed by atoms with Crippen LogP contribution in [-0.2, 0) is 27.1 Å². The van der Waals surface area contributed by atoms with Crippen LogP contribution in [0.4, 0.5) is 13.2 Å². The van der Waals surface area contributed by atoms with Crippen molar-refractivity contribution in [3.63, 3.8) is 0 Å². The number of benzene rings is 1. The van der Waals surface area contributed by atoms with Crippen LogP contribution < -0.4 is 21.7 Å². The topological polar surface area (TPSA) is 113 Å². The van der Waals surface area contributed by atoms with E-state index in [1.807, 2.05) is 0 Å². The van der Waals surface area contributed by atoms with Crippen LogP contribution in [0.3, 0.4) is 0 Å². The summed E-state index contributed by atoms with van der Waals surface area (Å²) in [6, 6.07) is 3.30. The first-order valence-electron chi connectivity index (χ1n) is 9.78. The molecule has 0 spiro atoms. The average molecular weight is 430 g/mol. The van der Waals surface area contributed by atoms with Crippen molar-refractivity contribution < 1.29 is 27.6 Å². The molecule has 168 valence electrons. The summed E-state index contributed by atoms with van der Waals surface area (Å²) in [5.74, 6) is -1.12. The standard InChI is InChI=1S/C20H29F3N4O3/c1-3-16(24)18(29)25-10-5-4-9-17(27-13(2)28)19(30)26-12-14-7-6-8-15(11-14)20(21,22)23/h6-8,11,16-17H,3-5,9-10,12,24H2,1-2H3,(H,25,29)(H,26,30)(H,27,28)/t16-,17+/m0/s1. The van der Waals surface area contributed by atoms with Gasteiger partial charge in [-0.15, -0.1) is 0 Å². The number of rotatable bonds is 11. The van der Waals surface area contributed by atoms with Gasteiger partial charge in [0.1, 0.15) is 6.04 Å². The van der Waals surface area contributed by atoms with Gasteiger partial charge in [-0.2, -0.15) is 13.2 Å². The molecule has 0 bridgehead atoms. The fraction of sp³-hybridized carbons (Fsp3) is 0.550. The lowest BCUT2D eigenvalue weighted by atomic mass is 10.1. The van der Waals surface area contributed by atoms with Gasteiger partial charge in [-0.05, 0) is 43.4 Å². The van der Waals surface area contributed by atoms with Crippen LogP contribution in [0.25, 0.3) is 0 Å². The minimum Gasteiger partial charge on any atom is -0.355 e. The maximum atomic E-state index is 12.8. The number of unbranched alkanes of at least 4 members (excludes halogenated alkanes) is 1. The van der Waals surface area contributed by atoms with Crippen LogP contribution in [0.15, 0.2) is 24.3 Å². The molecule has 1 rings (SSSR count). The molecule has 1 aromatic rings. The van der Waals surface area contributed by atoms with E-state index in [0.717, 1.165) is 12.1 Å². The lowest BCUT2D eigenvalue weighted by molar-refractivity contribution is -0.137. The van der Waals surface area contributed by atoms with E-state index in [1.165, 1.54) is 19.1 Å². The Hall–Kier alpha value is -2.62.